The molecule has 3 N–H and O–H groups in total. The molecule has 6 nitrogen and oxygen atoms in total. The predicted molar refractivity (Wildman–Crippen MR) is 76.2 cm³/mol. The van der Waals surface area contributed by atoms with E-state index in [-0.39, 0.29) is 17.1 Å². The second-order valence-electron chi connectivity index (χ2n) is 4.95. The Kier molecular flexibility index (Phi) is 5.32. The highest BCUT2D eigenvalue weighted by Gasteiger charge is 2.23. The fraction of sp³-hybridized carbons (Fsp3) is 0.417. The fourth-order valence-electron chi connectivity index (χ4n) is 1.38. The van der Waals surface area contributed by atoms with Crippen molar-refractivity contribution < 1.29 is 22.3 Å². The van der Waals surface area contributed by atoms with Crippen molar-refractivity contribution in [3.05, 3.63) is 28.5 Å². The van der Waals surface area contributed by atoms with Crippen LogP contribution in [0.4, 0.5) is 4.39 Å². The first-order valence-corrected chi connectivity index (χ1v) is 7.75. The molecule has 0 radical (unpaired) electrons. The predicted octanol–water partition coefficient (Wildman–Crippen LogP) is 1.28. The summed E-state index contributed by atoms with van der Waals surface area (Å²) in [4.78, 5) is 11.2. The monoisotopic (exact) mass is 338 g/mol. The van der Waals surface area contributed by atoms with Gasteiger partial charge in [0.1, 0.15) is 10.7 Å². The molecule has 0 spiro atoms. The van der Waals surface area contributed by atoms with Crippen molar-refractivity contribution in [3.63, 3.8) is 0 Å². The van der Waals surface area contributed by atoms with Crippen LogP contribution in [0.3, 0.4) is 0 Å². The van der Waals surface area contributed by atoms with Crippen molar-refractivity contribution in [2.24, 2.45) is 5.14 Å². The van der Waals surface area contributed by atoms with Gasteiger partial charge in [0.2, 0.25) is 10.0 Å². The number of rotatable bonds is 5. The molecule has 0 aliphatic carbocycles. The minimum atomic E-state index is -4.29. The number of methoxy groups -OCH3 is 1. The average Bonchev–Trinajstić information content (AvgIpc) is 2.34. The molecule has 0 heterocycles. The fourth-order valence-corrected chi connectivity index (χ4v) is 2.23. The summed E-state index contributed by atoms with van der Waals surface area (Å²) in [7, 11) is -2.81. The van der Waals surface area contributed by atoms with Gasteiger partial charge in [-0.25, -0.2) is 17.9 Å². The SMILES string of the molecule is COC(C)(C)CNC(=O)c1cc(S(N)(=O)=O)c(F)cc1Cl. The number of halogens is 2. The van der Waals surface area contributed by atoms with Gasteiger partial charge in [0.05, 0.1) is 16.2 Å². The molecule has 1 aromatic rings. The minimum Gasteiger partial charge on any atom is -0.377 e. The second kappa shape index (κ2) is 6.27. The van der Waals surface area contributed by atoms with Crippen LogP contribution in [0.1, 0.15) is 24.2 Å². The molecule has 0 aliphatic rings. The summed E-state index contributed by atoms with van der Waals surface area (Å²) in [6.07, 6.45) is 0. The molecule has 0 atom stereocenters. The Morgan fingerprint density at radius 2 is 2.05 bits per heavy atom. The normalized spacial score (nSPS) is 12.3. The summed E-state index contributed by atoms with van der Waals surface area (Å²) in [6.45, 7) is 3.64. The maximum Gasteiger partial charge on any atom is 0.252 e. The Morgan fingerprint density at radius 1 is 1.48 bits per heavy atom. The molecule has 1 rings (SSSR count). The average molecular weight is 339 g/mol. The Hall–Kier alpha value is -1.22. The Morgan fingerprint density at radius 3 is 2.52 bits per heavy atom. The van der Waals surface area contributed by atoms with Crippen LogP contribution in [0.2, 0.25) is 5.02 Å². The van der Waals surface area contributed by atoms with Gasteiger partial charge in [0, 0.05) is 13.7 Å². The number of carbonyl (C=O) groups excluding carboxylic acids is 1. The molecule has 0 aromatic heterocycles. The molecular weight excluding hydrogens is 323 g/mol. The van der Waals surface area contributed by atoms with E-state index in [9.17, 15) is 17.6 Å². The third-order valence-electron chi connectivity index (χ3n) is 2.80. The molecule has 1 aromatic carbocycles. The first-order valence-electron chi connectivity index (χ1n) is 5.83. The van der Waals surface area contributed by atoms with Gasteiger partial charge in [-0.1, -0.05) is 11.6 Å². The number of sulfonamides is 1. The third kappa shape index (κ3) is 4.63. The lowest BCUT2D eigenvalue weighted by Gasteiger charge is -2.23. The number of primary sulfonamides is 1. The number of hydrogen-bond donors (Lipinski definition) is 2. The number of benzene rings is 1. The van der Waals surface area contributed by atoms with E-state index < -0.39 is 32.2 Å². The molecular formula is C12H16ClFN2O4S. The van der Waals surface area contributed by atoms with Crippen LogP contribution in [0.25, 0.3) is 0 Å². The molecule has 118 valence electrons. The van der Waals surface area contributed by atoms with Crippen LogP contribution in [0, 0.1) is 5.82 Å². The first-order chi connectivity index (χ1) is 9.48. The van der Waals surface area contributed by atoms with Gasteiger partial charge in [-0.2, -0.15) is 0 Å². The summed E-state index contributed by atoms with van der Waals surface area (Å²) in [6, 6.07) is 1.54. The van der Waals surface area contributed by atoms with Gasteiger partial charge in [-0.05, 0) is 26.0 Å². The van der Waals surface area contributed by atoms with Crippen molar-refractivity contribution in [1.82, 2.24) is 5.32 Å². The van der Waals surface area contributed by atoms with E-state index in [4.69, 9.17) is 21.5 Å². The molecule has 1 amide bonds. The van der Waals surface area contributed by atoms with E-state index >= 15 is 0 Å². The Balaban J connectivity index is 3.11. The zero-order valence-corrected chi connectivity index (χ0v) is 13.3. The van der Waals surface area contributed by atoms with E-state index in [1.807, 2.05) is 0 Å². The van der Waals surface area contributed by atoms with Gasteiger partial charge in [-0.15, -0.1) is 0 Å². The molecule has 0 aliphatic heterocycles. The van der Waals surface area contributed by atoms with E-state index in [1.165, 1.54) is 7.11 Å². The van der Waals surface area contributed by atoms with E-state index in [1.54, 1.807) is 13.8 Å². The summed E-state index contributed by atoms with van der Waals surface area (Å²) >= 11 is 5.76. The lowest BCUT2D eigenvalue weighted by atomic mass is 10.1. The highest BCUT2D eigenvalue weighted by Crippen LogP contribution is 2.23. The maximum atomic E-state index is 13.5. The topological polar surface area (TPSA) is 98.5 Å². The van der Waals surface area contributed by atoms with Gasteiger partial charge < -0.3 is 10.1 Å². The van der Waals surface area contributed by atoms with E-state index in [0.29, 0.717) is 0 Å². The van der Waals surface area contributed by atoms with E-state index in [2.05, 4.69) is 5.32 Å². The van der Waals surface area contributed by atoms with Gasteiger partial charge in [-0.3, -0.25) is 4.79 Å². The summed E-state index contributed by atoms with van der Waals surface area (Å²) < 4.78 is 41.1. The standard InChI is InChI=1S/C12H16ClFN2O4S/c1-12(2,20-3)6-16-11(17)7-4-10(21(15,18)19)9(14)5-8(7)13/h4-5H,6H2,1-3H3,(H,16,17)(H2,15,18,19). The zero-order valence-electron chi connectivity index (χ0n) is 11.7. The number of amides is 1. The molecule has 0 saturated heterocycles. The van der Waals surface area contributed by atoms with E-state index in [0.717, 1.165) is 12.1 Å². The highest BCUT2D eigenvalue weighted by molar-refractivity contribution is 7.89. The van der Waals surface area contributed by atoms with Crippen molar-refractivity contribution in [1.29, 1.82) is 0 Å². The molecule has 9 heteroatoms. The van der Waals surface area contributed by atoms with Crippen molar-refractivity contribution in [2.75, 3.05) is 13.7 Å². The van der Waals surface area contributed by atoms with Gasteiger partial charge in [0.15, 0.2) is 0 Å². The molecule has 0 unspecified atom stereocenters. The van der Waals surface area contributed by atoms with Crippen LogP contribution in [-0.2, 0) is 14.8 Å². The lowest BCUT2D eigenvalue weighted by Crippen LogP contribution is -2.39. The molecule has 0 bridgehead atoms. The largest absolute Gasteiger partial charge is 0.377 e. The van der Waals surface area contributed by atoms with Crippen LogP contribution in [0.15, 0.2) is 17.0 Å². The lowest BCUT2D eigenvalue weighted by molar-refractivity contribution is 0.0228. The van der Waals surface area contributed by atoms with Crippen molar-refractivity contribution >= 4 is 27.5 Å². The third-order valence-corrected chi connectivity index (χ3v) is 4.04. The highest BCUT2D eigenvalue weighted by atomic mass is 35.5. The number of nitrogens with two attached hydrogens (primary N) is 1. The van der Waals surface area contributed by atoms with Crippen molar-refractivity contribution in [3.8, 4) is 0 Å². The van der Waals surface area contributed by atoms with Crippen molar-refractivity contribution in [2.45, 2.75) is 24.3 Å². The van der Waals surface area contributed by atoms with Gasteiger partial charge in [0.25, 0.3) is 5.91 Å². The number of hydrogen-bond acceptors (Lipinski definition) is 4. The van der Waals surface area contributed by atoms with Crippen LogP contribution < -0.4 is 10.5 Å². The zero-order chi connectivity index (χ0) is 16.4. The minimum absolute atomic E-state index is 0.154. The van der Waals surface area contributed by atoms with Crippen LogP contribution in [-0.4, -0.2) is 33.6 Å². The molecule has 0 fully saturated rings. The quantitative estimate of drug-likeness (QED) is 0.844. The first kappa shape index (κ1) is 17.8. The van der Waals surface area contributed by atoms with Crippen LogP contribution in [0.5, 0.6) is 0 Å². The molecule has 21 heavy (non-hydrogen) atoms. The number of nitrogens with one attached hydrogen (secondary N) is 1. The second-order valence-corrected chi connectivity index (χ2v) is 6.89. The summed E-state index contributed by atoms with van der Waals surface area (Å²) in [5.74, 6) is -1.77. The number of carbonyl (C=O) groups is 1. The Bertz CT molecular complexity index is 661. The summed E-state index contributed by atoms with van der Waals surface area (Å²) in [5, 5.41) is 7.19. The molecule has 0 saturated carbocycles. The number of ether oxygens (including phenoxy) is 1. The summed E-state index contributed by atoms with van der Waals surface area (Å²) in [5.41, 5.74) is -0.806. The smallest absolute Gasteiger partial charge is 0.252 e. The van der Waals surface area contributed by atoms with Gasteiger partial charge >= 0.3 is 0 Å². The Labute approximate surface area is 127 Å². The van der Waals surface area contributed by atoms with Crippen LogP contribution >= 0.6 is 11.6 Å². The maximum absolute atomic E-state index is 13.5.